The molecule has 2 aromatic rings. The molecule has 1 N–H and O–H groups in total. The molecule has 0 bridgehead atoms. The Bertz CT molecular complexity index is 821. The van der Waals surface area contributed by atoms with Crippen LogP contribution in [0.5, 0.6) is 0 Å². The van der Waals surface area contributed by atoms with E-state index in [2.05, 4.69) is 15.5 Å². The van der Waals surface area contributed by atoms with Gasteiger partial charge in [0.1, 0.15) is 0 Å². The molecule has 0 aliphatic carbocycles. The van der Waals surface area contributed by atoms with E-state index in [-0.39, 0.29) is 23.3 Å². The van der Waals surface area contributed by atoms with E-state index >= 15 is 0 Å². The lowest BCUT2D eigenvalue weighted by Crippen LogP contribution is -2.40. The third-order valence-electron chi connectivity index (χ3n) is 4.14. The van der Waals surface area contributed by atoms with Crippen molar-refractivity contribution in [3.63, 3.8) is 0 Å². The molecule has 1 aliphatic rings. The SMILES string of the molecule is CNC(C)Cc1noc(-c2cccc(S(=O)(=O)N3CCOCC3)c2)n1.Cl. The minimum Gasteiger partial charge on any atom is -0.379 e. The summed E-state index contributed by atoms with van der Waals surface area (Å²) in [5, 5.41) is 7.07. The van der Waals surface area contributed by atoms with Crippen LogP contribution < -0.4 is 5.32 Å². The Morgan fingerprint density at radius 1 is 1.31 bits per heavy atom. The van der Waals surface area contributed by atoms with Crippen LogP contribution in [0, 0.1) is 0 Å². The average Bonchev–Trinajstić information content (AvgIpc) is 3.11. The van der Waals surface area contributed by atoms with Crippen LogP contribution in [0.25, 0.3) is 11.5 Å². The number of nitrogens with one attached hydrogen (secondary N) is 1. The van der Waals surface area contributed by atoms with Gasteiger partial charge in [-0.2, -0.15) is 9.29 Å². The number of halogens is 1. The van der Waals surface area contributed by atoms with Gasteiger partial charge in [-0.25, -0.2) is 8.42 Å². The van der Waals surface area contributed by atoms with Crippen LogP contribution in [-0.4, -0.2) is 62.3 Å². The number of ether oxygens (including phenoxy) is 1. The number of morpholine rings is 1. The summed E-state index contributed by atoms with van der Waals surface area (Å²) in [4.78, 5) is 4.58. The van der Waals surface area contributed by atoms with Crippen LogP contribution in [0.15, 0.2) is 33.7 Å². The number of hydrogen-bond donors (Lipinski definition) is 1. The number of likely N-dealkylation sites (N-methyl/N-ethyl adjacent to an activating group) is 1. The van der Waals surface area contributed by atoms with E-state index in [0.29, 0.717) is 50.0 Å². The molecule has 10 heteroatoms. The van der Waals surface area contributed by atoms with Gasteiger partial charge >= 0.3 is 0 Å². The summed E-state index contributed by atoms with van der Waals surface area (Å²) >= 11 is 0. The van der Waals surface area contributed by atoms with Crippen molar-refractivity contribution in [2.75, 3.05) is 33.4 Å². The van der Waals surface area contributed by atoms with Crippen LogP contribution in [0.1, 0.15) is 12.7 Å². The zero-order chi connectivity index (χ0) is 17.9. The van der Waals surface area contributed by atoms with Gasteiger partial charge in [-0.15, -0.1) is 12.4 Å². The average molecular weight is 403 g/mol. The second kappa shape index (κ2) is 8.92. The molecule has 2 heterocycles. The molecule has 0 amide bonds. The Morgan fingerprint density at radius 3 is 2.73 bits per heavy atom. The highest BCUT2D eigenvalue weighted by Gasteiger charge is 2.26. The van der Waals surface area contributed by atoms with Crippen LogP contribution in [-0.2, 0) is 21.2 Å². The summed E-state index contributed by atoms with van der Waals surface area (Å²) in [6.07, 6.45) is 0.631. The maximum absolute atomic E-state index is 12.8. The fraction of sp³-hybridized carbons (Fsp3) is 0.500. The second-order valence-corrected chi connectivity index (χ2v) is 7.89. The molecule has 0 saturated carbocycles. The Morgan fingerprint density at radius 2 is 2.04 bits per heavy atom. The van der Waals surface area contributed by atoms with E-state index in [4.69, 9.17) is 9.26 Å². The lowest BCUT2D eigenvalue weighted by Gasteiger charge is -2.26. The molecule has 3 rings (SSSR count). The summed E-state index contributed by atoms with van der Waals surface area (Å²) in [7, 11) is -1.69. The van der Waals surface area contributed by atoms with Crippen LogP contribution in [0.3, 0.4) is 0 Å². The van der Waals surface area contributed by atoms with Crippen molar-refractivity contribution in [1.29, 1.82) is 0 Å². The van der Waals surface area contributed by atoms with Gasteiger partial charge in [0.25, 0.3) is 5.89 Å². The highest BCUT2D eigenvalue weighted by molar-refractivity contribution is 7.89. The standard InChI is InChI=1S/C16H22N4O4S.ClH/c1-12(17-2)10-15-18-16(24-19-15)13-4-3-5-14(11-13)25(21,22)20-6-8-23-9-7-20;/h3-5,11-12,17H,6-10H2,1-2H3;1H. The van der Waals surface area contributed by atoms with Crippen LogP contribution in [0.4, 0.5) is 0 Å². The van der Waals surface area contributed by atoms with Gasteiger partial charge < -0.3 is 14.6 Å². The van der Waals surface area contributed by atoms with E-state index < -0.39 is 10.0 Å². The first-order valence-corrected chi connectivity index (χ1v) is 9.63. The third-order valence-corrected chi connectivity index (χ3v) is 6.03. The molecular weight excluding hydrogens is 380 g/mol. The lowest BCUT2D eigenvalue weighted by molar-refractivity contribution is 0.0730. The van der Waals surface area contributed by atoms with Crippen molar-refractivity contribution in [1.82, 2.24) is 19.8 Å². The minimum absolute atomic E-state index is 0. The molecule has 1 aliphatic heterocycles. The lowest BCUT2D eigenvalue weighted by atomic mass is 10.2. The first-order chi connectivity index (χ1) is 12.0. The van der Waals surface area contributed by atoms with Crippen LogP contribution in [0.2, 0.25) is 0 Å². The zero-order valence-electron chi connectivity index (χ0n) is 14.7. The molecule has 1 atom stereocenters. The fourth-order valence-electron chi connectivity index (χ4n) is 2.56. The summed E-state index contributed by atoms with van der Waals surface area (Å²) in [6.45, 7) is 3.56. The Kier molecular flexibility index (Phi) is 7.13. The number of sulfonamides is 1. The number of hydrogen-bond acceptors (Lipinski definition) is 7. The normalized spacial score (nSPS) is 16.8. The number of rotatable bonds is 6. The smallest absolute Gasteiger partial charge is 0.257 e. The van der Waals surface area contributed by atoms with Gasteiger partial charge in [-0.1, -0.05) is 11.2 Å². The molecule has 26 heavy (non-hydrogen) atoms. The van der Waals surface area contributed by atoms with Gasteiger partial charge in [0, 0.05) is 31.1 Å². The Labute approximate surface area is 159 Å². The van der Waals surface area contributed by atoms with Crippen LogP contribution >= 0.6 is 12.4 Å². The molecule has 1 fully saturated rings. The van der Waals surface area contributed by atoms with Crippen molar-refractivity contribution >= 4 is 22.4 Å². The molecule has 0 radical (unpaired) electrons. The third kappa shape index (κ3) is 4.60. The van der Waals surface area contributed by atoms with Crippen molar-refractivity contribution < 1.29 is 17.7 Å². The largest absolute Gasteiger partial charge is 0.379 e. The quantitative estimate of drug-likeness (QED) is 0.778. The summed E-state index contributed by atoms with van der Waals surface area (Å²) in [5.41, 5.74) is 0.588. The van der Waals surface area contributed by atoms with Crippen molar-refractivity contribution in [2.45, 2.75) is 24.3 Å². The summed E-state index contributed by atoms with van der Waals surface area (Å²) in [5.74, 6) is 0.899. The molecule has 144 valence electrons. The van der Waals surface area contributed by atoms with Gasteiger partial charge in [-0.05, 0) is 32.2 Å². The molecule has 1 unspecified atom stereocenters. The molecular formula is C16H23ClN4O4S. The Hall–Kier alpha value is -1.52. The van der Waals surface area contributed by atoms with E-state index in [9.17, 15) is 8.42 Å². The van der Waals surface area contributed by atoms with E-state index in [1.165, 1.54) is 4.31 Å². The fourth-order valence-corrected chi connectivity index (χ4v) is 4.01. The second-order valence-electron chi connectivity index (χ2n) is 5.95. The van der Waals surface area contributed by atoms with Gasteiger partial charge in [0.2, 0.25) is 10.0 Å². The first-order valence-electron chi connectivity index (χ1n) is 8.19. The zero-order valence-corrected chi connectivity index (χ0v) is 16.3. The first kappa shape index (κ1) is 20.8. The molecule has 8 nitrogen and oxygen atoms in total. The van der Waals surface area contributed by atoms with Crippen molar-refractivity contribution in [2.24, 2.45) is 0 Å². The van der Waals surface area contributed by atoms with Gasteiger partial charge in [0.05, 0.1) is 18.1 Å². The predicted molar refractivity (Wildman–Crippen MR) is 98.8 cm³/mol. The van der Waals surface area contributed by atoms with E-state index in [1.807, 2.05) is 14.0 Å². The van der Waals surface area contributed by atoms with Crippen molar-refractivity contribution in [3.8, 4) is 11.5 Å². The highest BCUT2D eigenvalue weighted by Crippen LogP contribution is 2.24. The van der Waals surface area contributed by atoms with Gasteiger partial charge in [-0.3, -0.25) is 0 Å². The number of aromatic nitrogens is 2. The van der Waals surface area contributed by atoms with Gasteiger partial charge in [0.15, 0.2) is 5.82 Å². The summed E-state index contributed by atoms with van der Waals surface area (Å²) in [6, 6.07) is 6.82. The number of nitrogens with zero attached hydrogens (tertiary/aromatic N) is 3. The Balaban J connectivity index is 0.00000243. The maximum Gasteiger partial charge on any atom is 0.257 e. The maximum atomic E-state index is 12.8. The number of benzene rings is 1. The minimum atomic E-state index is -3.56. The van der Waals surface area contributed by atoms with E-state index in [1.54, 1.807) is 24.3 Å². The predicted octanol–water partition coefficient (Wildman–Crippen LogP) is 1.33. The highest BCUT2D eigenvalue weighted by atomic mass is 35.5. The van der Waals surface area contributed by atoms with Crippen molar-refractivity contribution in [3.05, 3.63) is 30.1 Å². The summed E-state index contributed by atoms with van der Waals surface area (Å²) < 4.78 is 37.5. The topological polar surface area (TPSA) is 97.6 Å². The van der Waals surface area contributed by atoms with E-state index in [0.717, 1.165) is 0 Å². The molecule has 1 saturated heterocycles. The molecule has 0 spiro atoms. The molecule has 1 aromatic heterocycles. The molecule has 1 aromatic carbocycles. The monoisotopic (exact) mass is 402 g/mol.